The van der Waals surface area contributed by atoms with Crippen LogP contribution in [0.25, 0.3) is 0 Å². The number of carboxylic acids is 1. The molecule has 0 amide bonds. The zero-order valence-electron chi connectivity index (χ0n) is 17.9. The van der Waals surface area contributed by atoms with Crippen LogP contribution in [0.5, 0.6) is 0 Å². The number of hydrogen-bond donors (Lipinski definition) is 3. The molecule has 31 heavy (non-hydrogen) atoms. The summed E-state index contributed by atoms with van der Waals surface area (Å²) < 4.78 is 0. The fraction of sp³-hybridized carbons (Fsp3) is 0.958. The van der Waals surface area contributed by atoms with Gasteiger partial charge in [-0.15, -0.1) is 0 Å². The monoisotopic (exact) mass is 464 g/mol. The van der Waals surface area contributed by atoms with Gasteiger partial charge in [0.05, 0.1) is 12.2 Å². The van der Waals surface area contributed by atoms with Crippen molar-refractivity contribution in [2.45, 2.75) is 97.2 Å². The van der Waals surface area contributed by atoms with E-state index in [4.69, 9.17) is 5.11 Å². The van der Waals surface area contributed by atoms with Crippen molar-refractivity contribution < 1.29 is 20.1 Å². The average Bonchev–Trinajstić information content (AvgIpc) is 2.98. The summed E-state index contributed by atoms with van der Waals surface area (Å²) in [6.45, 7) is 7.16. The zero-order valence-corrected chi connectivity index (χ0v) is 17.9. The van der Waals surface area contributed by atoms with E-state index in [1.54, 1.807) is 0 Å². The number of carbonyl (C=O) groups is 1. The third-order valence-electron chi connectivity index (χ3n) is 10.2. The van der Waals surface area contributed by atoms with E-state index in [1.807, 2.05) is 0 Å². The molecular formula is C24H43Na3O4. The van der Waals surface area contributed by atoms with Crippen molar-refractivity contribution in [2.75, 3.05) is 0 Å². The molecule has 0 aliphatic heterocycles. The van der Waals surface area contributed by atoms with Gasteiger partial charge in [-0.1, -0.05) is 20.8 Å². The normalized spacial score (nSPS) is 46.7. The first-order valence-corrected chi connectivity index (χ1v) is 11.7. The molecule has 0 radical (unpaired) electrons. The molecule has 4 saturated carbocycles. The zero-order chi connectivity index (χ0) is 20.3. The summed E-state index contributed by atoms with van der Waals surface area (Å²) >= 11 is 0. The molecule has 4 nitrogen and oxygen atoms in total. The summed E-state index contributed by atoms with van der Waals surface area (Å²) in [6.07, 6.45) is 9.19. The molecule has 4 aliphatic carbocycles. The molecule has 0 aromatic carbocycles. The molecule has 0 aromatic rings. The van der Waals surface area contributed by atoms with Crippen LogP contribution in [-0.4, -0.2) is 122 Å². The van der Waals surface area contributed by atoms with Crippen LogP contribution in [0, 0.1) is 46.3 Å². The molecule has 10 atom stereocenters. The predicted octanol–water partition coefficient (Wildman–Crippen LogP) is 2.53. The minimum atomic E-state index is -0.684. The van der Waals surface area contributed by atoms with Crippen LogP contribution in [0.4, 0.5) is 0 Å². The third-order valence-corrected chi connectivity index (χ3v) is 10.2. The first-order chi connectivity index (χ1) is 13.2. The molecule has 4 aliphatic rings. The van der Waals surface area contributed by atoms with Crippen LogP contribution in [0.3, 0.4) is 0 Å². The fourth-order valence-electron chi connectivity index (χ4n) is 8.73. The Bertz CT molecular complexity index is 620. The van der Waals surface area contributed by atoms with Gasteiger partial charge < -0.3 is 15.3 Å². The molecule has 0 aromatic heterocycles. The number of aliphatic hydroxyl groups is 2. The van der Waals surface area contributed by atoms with Gasteiger partial charge in [0.25, 0.3) is 0 Å². The van der Waals surface area contributed by atoms with Crippen molar-refractivity contribution in [2.24, 2.45) is 46.3 Å². The van der Waals surface area contributed by atoms with Crippen molar-refractivity contribution in [3.05, 3.63) is 0 Å². The first-order valence-electron chi connectivity index (χ1n) is 11.7. The number of carboxylic acid groups (broad SMARTS) is 1. The molecule has 0 heterocycles. The number of rotatable bonds is 4. The topological polar surface area (TPSA) is 77.8 Å². The maximum absolute atomic E-state index is 11.2. The van der Waals surface area contributed by atoms with E-state index in [2.05, 4.69) is 20.8 Å². The molecule has 0 bridgehead atoms. The van der Waals surface area contributed by atoms with E-state index in [1.165, 1.54) is 25.7 Å². The number of hydrogen-bond acceptors (Lipinski definition) is 3. The fourth-order valence-corrected chi connectivity index (χ4v) is 8.73. The van der Waals surface area contributed by atoms with E-state index in [9.17, 15) is 15.0 Å². The number of aliphatic carboxylic acids is 1. The molecule has 7 heteroatoms. The van der Waals surface area contributed by atoms with E-state index in [0.717, 1.165) is 32.1 Å². The Morgan fingerprint density at radius 3 is 2.19 bits per heavy atom. The van der Waals surface area contributed by atoms with Crippen LogP contribution >= 0.6 is 0 Å². The van der Waals surface area contributed by atoms with Gasteiger partial charge >= 0.3 is 94.6 Å². The van der Waals surface area contributed by atoms with Crippen LogP contribution in [0.2, 0.25) is 0 Å². The van der Waals surface area contributed by atoms with Crippen LogP contribution in [0.1, 0.15) is 85.0 Å². The van der Waals surface area contributed by atoms with Gasteiger partial charge in [-0.25, -0.2) is 0 Å². The van der Waals surface area contributed by atoms with Crippen molar-refractivity contribution in [3.8, 4) is 0 Å². The molecular weight excluding hydrogens is 421 g/mol. The summed E-state index contributed by atoms with van der Waals surface area (Å²) in [5.74, 6) is 2.36. The van der Waals surface area contributed by atoms with E-state index in [-0.39, 0.29) is 118 Å². The van der Waals surface area contributed by atoms with Gasteiger partial charge in [-0.3, -0.25) is 4.79 Å². The molecule has 4 fully saturated rings. The summed E-state index contributed by atoms with van der Waals surface area (Å²) in [4.78, 5) is 11.1. The molecule has 166 valence electrons. The Hall–Kier alpha value is 2.39. The van der Waals surface area contributed by atoms with Crippen molar-refractivity contribution >= 4 is 94.6 Å². The maximum atomic E-state index is 11.2. The molecule has 0 unspecified atom stereocenters. The second-order valence-corrected chi connectivity index (χ2v) is 11.4. The average molecular weight is 465 g/mol. The predicted molar refractivity (Wildman–Crippen MR) is 130 cm³/mol. The van der Waals surface area contributed by atoms with Gasteiger partial charge in [0.1, 0.15) is 0 Å². The Labute approximate surface area is 255 Å². The standard InChI is InChI=1S/C24H40O4.3Na.3H/c1-14(4-7-21(27)28)17-5-6-18-22-19(9-11-24(17,18)3)23(2)10-8-16(25)12-15(23)13-20(22)26;;;;;;/h14-20,22,25-26H,4-13H2,1-3H3,(H,27,28);;;;;;/t14-,15+,16-,17-,18+,19+,20+,22+,23+,24-;;;;;;/m1....../s1. The number of aliphatic hydroxyl groups excluding tert-OH is 2. The van der Waals surface area contributed by atoms with Gasteiger partial charge in [0.2, 0.25) is 0 Å². The van der Waals surface area contributed by atoms with Gasteiger partial charge in [0.15, 0.2) is 0 Å². The Kier molecular flexibility index (Phi) is 12.2. The molecule has 0 saturated heterocycles. The van der Waals surface area contributed by atoms with E-state index >= 15 is 0 Å². The third kappa shape index (κ3) is 5.71. The van der Waals surface area contributed by atoms with Crippen LogP contribution < -0.4 is 0 Å². The quantitative estimate of drug-likeness (QED) is 0.559. The molecule has 3 N–H and O–H groups in total. The Balaban J connectivity index is 0.00000160. The van der Waals surface area contributed by atoms with Crippen molar-refractivity contribution in [1.29, 1.82) is 0 Å². The summed E-state index contributed by atoms with van der Waals surface area (Å²) in [5, 5.41) is 30.5. The van der Waals surface area contributed by atoms with Crippen molar-refractivity contribution in [3.63, 3.8) is 0 Å². The molecule has 0 spiro atoms. The second-order valence-electron chi connectivity index (χ2n) is 11.4. The minimum absolute atomic E-state index is 0. The summed E-state index contributed by atoms with van der Waals surface area (Å²) in [7, 11) is 0. The molecule has 4 rings (SSSR count). The van der Waals surface area contributed by atoms with E-state index in [0.29, 0.717) is 35.5 Å². The van der Waals surface area contributed by atoms with E-state index < -0.39 is 5.97 Å². The van der Waals surface area contributed by atoms with Gasteiger partial charge in [0, 0.05) is 6.42 Å². The SMILES string of the molecule is C[C@H](CCC(=O)O)[C@H]1CC[C@H]2[C@@H]3[C@@H](O)C[C@@H]4C[C@H](O)CC[C@]4(C)[C@H]3CC[C@]12C.[NaH].[NaH].[NaH]. The second kappa shape index (κ2) is 12.1. The first kappa shape index (κ1) is 31.4. The van der Waals surface area contributed by atoms with Crippen LogP contribution in [-0.2, 0) is 4.79 Å². The Morgan fingerprint density at radius 1 is 0.935 bits per heavy atom. The summed E-state index contributed by atoms with van der Waals surface area (Å²) in [5.41, 5.74) is 0.523. The van der Waals surface area contributed by atoms with Crippen LogP contribution in [0.15, 0.2) is 0 Å². The van der Waals surface area contributed by atoms with Gasteiger partial charge in [-0.05, 0) is 104 Å². The summed E-state index contributed by atoms with van der Waals surface area (Å²) in [6, 6.07) is 0. The van der Waals surface area contributed by atoms with Crippen molar-refractivity contribution in [1.82, 2.24) is 0 Å². The number of fused-ring (bicyclic) bond motifs is 5. The Morgan fingerprint density at radius 2 is 1.55 bits per heavy atom. The van der Waals surface area contributed by atoms with Gasteiger partial charge in [-0.2, -0.15) is 0 Å².